The van der Waals surface area contributed by atoms with Gasteiger partial charge in [-0.15, -0.1) is 0 Å². The third-order valence-corrected chi connectivity index (χ3v) is 7.79. The molecule has 3 nitrogen and oxygen atoms in total. The maximum atomic E-state index is 4.79. The molecule has 0 unspecified atom stereocenters. The minimum absolute atomic E-state index is 0.330. The molecule has 0 saturated carbocycles. The van der Waals surface area contributed by atoms with E-state index >= 15 is 0 Å². The standard InChI is InChI=1S/C39H37N3/c1-28(2)36-26-32(27-37(29(3)4)38(36)41-24-23-40-39(41)30-15-8-5-9-16-30)31-17-14-22-35(25-31)42(33-18-10-6-11-19-33)34-20-12-7-13-21-34/h5-29H,1-4H3. The molecule has 1 heterocycles. The fraction of sp³-hybridized carbons (Fsp3) is 0.154. The second-order valence-electron chi connectivity index (χ2n) is 11.4. The largest absolute Gasteiger partial charge is 0.310 e. The van der Waals surface area contributed by atoms with Crippen LogP contribution in [-0.4, -0.2) is 9.55 Å². The van der Waals surface area contributed by atoms with Crippen LogP contribution in [0.15, 0.2) is 140 Å². The summed E-state index contributed by atoms with van der Waals surface area (Å²) < 4.78 is 2.28. The first-order valence-electron chi connectivity index (χ1n) is 14.8. The van der Waals surface area contributed by atoms with E-state index in [1.807, 2.05) is 6.20 Å². The van der Waals surface area contributed by atoms with Crippen molar-refractivity contribution >= 4 is 17.1 Å². The second kappa shape index (κ2) is 11.9. The SMILES string of the molecule is CC(C)c1cc(-c2cccc(N(c3ccccc3)c3ccccc3)c2)cc(C(C)C)c1-n1ccnc1-c1ccccc1. The van der Waals surface area contributed by atoms with Crippen LogP contribution in [0.2, 0.25) is 0 Å². The summed E-state index contributed by atoms with van der Waals surface area (Å²) in [5.41, 5.74) is 10.8. The monoisotopic (exact) mass is 547 g/mol. The van der Waals surface area contributed by atoms with Crippen LogP contribution in [0.25, 0.3) is 28.2 Å². The van der Waals surface area contributed by atoms with Crippen molar-refractivity contribution in [1.29, 1.82) is 0 Å². The molecule has 6 rings (SSSR count). The summed E-state index contributed by atoms with van der Waals surface area (Å²) in [4.78, 5) is 7.11. The Morgan fingerprint density at radius 1 is 0.524 bits per heavy atom. The van der Waals surface area contributed by atoms with Crippen molar-refractivity contribution in [3.05, 3.63) is 151 Å². The first-order valence-corrected chi connectivity index (χ1v) is 14.8. The Morgan fingerprint density at radius 2 is 1.02 bits per heavy atom. The van der Waals surface area contributed by atoms with Gasteiger partial charge in [-0.05, 0) is 82.6 Å². The number of imidazole rings is 1. The van der Waals surface area contributed by atoms with Crippen LogP contribution in [0.4, 0.5) is 17.1 Å². The Hall–Kier alpha value is -4.89. The van der Waals surface area contributed by atoms with Crippen molar-refractivity contribution in [2.45, 2.75) is 39.5 Å². The molecule has 1 aromatic heterocycles. The number of rotatable bonds is 8. The van der Waals surface area contributed by atoms with Gasteiger partial charge in [0.25, 0.3) is 0 Å². The molecule has 0 amide bonds. The molecule has 0 N–H and O–H groups in total. The van der Waals surface area contributed by atoms with Gasteiger partial charge in [-0.1, -0.05) is 107 Å². The molecule has 5 aromatic carbocycles. The number of hydrogen-bond acceptors (Lipinski definition) is 2. The zero-order valence-electron chi connectivity index (χ0n) is 24.8. The summed E-state index contributed by atoms with van der Waals surface area (Å²) in [6, 6.07) is 45.3. The van der Waals surface area contributed by atoms with Crippen molar-refractivity contribution in [3.8, 4) is 28.2 Å². The fourth-order valence-corrected chi connectivity index (χ4v) is 5.72. The van der Waals surface area contributed by atoms with E-state index in [0.29, 0.717) is 11.8 Å². The zero-order valence-corrected chi connectivity index (χ0v) is 24.8. The summed E-state index contributed by atoms with van der Waals surface area (Å²) in [6.45, 7) is 9.15. The molecule has 0 atom stereocenters. The van der Waals surface area contributed by atoms with E-state index < -0.39 is 0 Å². The number of hydrogen-bond donors (Lipinski definition) is 0. The predicted octanol–water partition coefficient (Wildman–Crippen LogP) is 10.9. The molecule has 0 saturated heterocycles. The van der Waals surface area contributed by atoms with Crippen LogP contribution in [0.5, 0.6) is 0 Å². The van der Waals surface area contributed by atoms with Crippen molar-refractivity contribution < 1.29 is 0 Å². The van der Waals surface area contributed by atoms with Crippen LogP contribution in [0, 0.1) is 0 Å². The molecule has 0 aliphatic heterocycles. The fourth-order valence-electron chi connectivity index (χ4n) is 5.72. The Bertz CT molecular complexity index is 1700. The number of anilines is 3. The molecule has 0 spiro atoms. The van der Waals surface area contributed by atoms with Gasteiger partial charge in [0.05, 0.1) is 5.69 Å². The van der Waals surface area contributed by atoms with Gasteiger partial charge >= 0.3 is 0 Å². The highest BCUT2D eigenvalue weighted by Crippen LogP contribution is 2.40. The van der Waals surface area contributed by atoms with Crippen molar-refractivity contribution in [2.75, 3.05) is 4.90 Å². The first-order chi connectivity index (χ1) is 20.5. The minimum Gasteiger partial charge on any atom is -0.310 e. The minimum atomic E-state index is 0.330. The van der Waals surface area contributed by atoms with E-state index in [9.17, 15) is 0 Å². The van der Waals surface area contributed by atoms with Gasteiger partial charge in [-0.3, -0.25) is 4.57 Å². The smallest absolute Gasteiger partial charge is 0.144 e. The van der Waals surface area contributed by atoms with Crippen LogP contribution >= 0.6 is 0 Å². The maximum absolute atomic E-state index is 4.79. The Morgan fingerprint density at radius 3 is 1.57 bits per heavy atom. The lowest BCUT2D eigenvalue weighted by molar-refractivity contribution is 0.807. The third kappa shape index (κ3) is 5.38. The van der Waals surface area contributed by atoms with Gasteiger partial charge in [0.1, 0.15) is 5.82 Å². The maximum Gasteiger partial charge on any atom is 0.144 e. The molecule has 42 heavy (non-hydrogen) atoms. The number of para-hydroxylation sites is 2. The van der Waals surface area contributed by atoms with Crippen molar-refractivity contribution in [3.63, 3.8) is 0 Å². The van der Waals surface area contributed by atoms with Crippen LogP contribution in [0.1, 0.15) is 50.7 Å². The Kier molecular flexibility index (Phi) is 7.74. The van der Waals surface area contributed by atoms with Gasteiger partial charge in [0.15, 0.2) is 0 Å². The van der Waals surface area contributed by atoms with E-state index in [0.717, 1.165) is 28.5 Å². The summed E-state index contributed by atoms with van der Waals surface area (Å²) in [5, 5.41) is 0. The van der Waals surface area contributed by atoms with Gasteiger partial charge in [0, 0.05) is 35.0 Å². The lowest BCUT2D eigenvalue weighted by Gasteiger charge is -2.26. The molecule has 0 fully saturated rings. The average molecular weight is 548 g/mol. The van der Waals surface area contributed by atoms with Crippen LogP contribution < -0.4 is 4.90 Å². The number of nitrogens with zero attached hydrogens (tertiary/aromatic N) is 3. The molecule has 6 aromatic rings. The molecule has 208 valence electrons. The summed E-state index contributed by atoms with van der Waals surface area (Å²) >= 11 is 0. The highest BCUT2D eigenvalue weighted by molar-refractivity contribution is 5.81. The lowest BCUT2D eigenvalue weighted by atomic mass is 9.88. The molecule has 0 aliphatic rings. The highest BCUT2D eigenvalue weighted by atomic mass is 15.1. The second-order valence-corrected chi connectivity index (χ2v) is 11.4. The molecule has 0 radical (unpaired) electrons. The zero-order chi connectivity index (χ0) is 29.1. The Labute approximate surface area is 249 Å². The third-order valence-electron chi connectivity index (χ3n) is 7.79. The molecule has 0 aliphatic carbocycles. The highest BCUT2D eigenvalue weighted by Gasteiger charge is 2.21. The quantitative estimate of drug-likeness (QED) is 0.189. The number of benzene rings is 5. The molecule has 0 bridgehead atoms. The van der Waals surface area contributed by atoms with E-state index in [1.54, 1.807) is 0 Å². The summed E-state index contributed by atoms with van der Waals surface area (Å²) in [6.07, 6.45) is 4.02. The van der Waals surface area contributed by atoms with Crippen molar-refractivity contribution in [1.82, 2.24) is 9.55 Å². The predicted molar refractivity (Wildman–Crippen MR) is 177 cm³/mol. The van der Waals surface area contributed by atoms with Gasteiger partial charge in [-0.25, -0.2) is 4.98 Å². The normalized spacial score (nSPS) is 11.3. The topological polar surface area (TPSA) is 21.1 Å². The average Bonchev–Trinajstić information content (AvgIpc) is 3.52. The lowest BCUT2D eigenvalue weighted by Crippen LogP contribution is -2.10. The van der Waals surface area contributed by atoms with E-state index in [1.165, 1.54) is 27.9 Å². The molecular weight excluding hydrogens is 510 g/mol. The van der Waals surface area contributed by atoms with Gasteiger partial charge in [0.2, 0.25) is 0 Å². The van der Waals surface area contributed by atoms with E-state index in [-0.39, 0.29) is 0 Å². The Balaban J connectivity index is 1.51. The summed E-state index contributed by atoms with van der Waals surface area (Å²) in [5.74, 6) is 1.63. The van der Waals surface area contributed by atoms with Crippen LogP contribution in [-0.2, 0) is 0 Å². The first kappa shape index (κ1) is 27.3. The molecular formula is C39H37N3. The number of aromatic nitrogens is 2. The van der Waals surface area contributed by atoms with Gasteiger partial charge in [-0.2, -0.15) is 0 Å². The van der Waals surface area contributed by atoms with E-state index in [2.05, 4.69) is 171 Å². The summed E-state index contributed by atoms with van der Waals surface area (Å²) in [7, 11) is 0. The van der Waals surface area contributed by atoms with E-state index in [4.69, 9.17) is 4.98 Å². The van der Waals surface area contributed by atoms with Crippen LogP contribution in [0.3, 0.4) is 0 Å². The van der Waals surface area contributed by atoms with Crippen molar-refractivity contribution in [2.24, 2.45) is 0 Å². The molecule has 3 heteroatoms. The van der Waals surface area contributed by atoms with Gasteiger partial charge < -0.3 is 4.90 Å².